The van der Waals surface area contributed by atoms with Gasteiger partial charge in [0.1, 0.15) is 0 Å². The third-order valence-corrected chi connectivity index (χ3v) is 3.93. The number of aliphatic carboxylic acids is 1. The lowest BCUT2D eigenvalue weighted by Crippen LogP contribution is -3.00. The highest BCUT2D eigenvalue weighted by Gasteiger charge is 2.11. The van der Waals surface area contributed by atoms with Crippen LogP contribution in [0.5, 0.6) is 0 Å². The Kier molecular flexibility index (Phi) is 29.7. The lowest BCUT2D eigenvalue weighted by atomic mass is 10.2. The van der Waals surface area contributed by atoms with Crippen molar-refractivity contribution in [2.45, 2.75) is 78.4 Å². The Labute approximate surface area is 204 Å². The summed E-state index contributed by atoms with van der Waals surface area (Å²) in [4.78, 5) is 21.3. The molecule has 0 aliphatic heterocycles. The molecule has 0 aromatic heterocycles. The van der Waals surface area contributed by atoms with Crippen LogP contribution in [0, 0.1) is 0 Å². The standard InChI is InChI=1S/C11H24NO2.C7H15NO2.C4H10O.2ClH/c1-6-10(2)14-11(13)8-7-9-12(3,4)5;1-8(2,3)6-4-5-7(9)10;1-3-4(2)5;;/h10H,6-9H2,1-5H3;4-6H2,1-3H3;4-5H,3H2,1-2H3;2*1H/q+1;;;;/p-1. The van der Waals surface area contributed by atoms with Gasteiger partial charge in [-0.05, 0) is 26.7 Å². The van der Waals surface area contributed by atoms with Gasteiger partial charge in [0.2, 0.25) is 0 Å². The number of carboxylic acids is 1. The predicted molar refractivity (Wildman–Crippen MR) is 120 cm³/mol. The van der Waals surface area contributed by atoms with Crippen molar-refractivity contribution in [3.8, 4) is 0 Å². The Morgan fingerprint density at radius 1 is 0.806 bits per heavy atom. The number of aliphatic hydroxyl groups excluding tert-OH is 1. The largest absolute Gasteiger partial charge is 1.00 e. The van der Waals surface area contributed by atoms with Gasteiger partial charge in [0.15, 0.2) is 0 Å². The van der Waals surface area contributed by atoms with Gasteiger partial charge in [-0.15, -0.1) is 0 Å². The van der Waals surface area contributed by atoms with Crippen LogP contribution in [0.1, 0.15) is 66.2 Å². The van der Waals surface area contributed by atoms with Crippen molar-refractivity contribution in [3.63, 3.8) is 0 Å². The number of rotatable bonds is 11. The second-order valence-corrected chi connectivity index (χ2v) is 9.59. The van der Waals surface area contributed by atoms with Gasteiger partial charge < -0.3 is 48.7 Å². The molecule has 0 amide bonds. The van der Waals surface area contributed by atoms with Crippen molar-refractivity contribution in [3.05, 3.63) is 0 Å². The van der Waals surface area contributed by atoms with E-state index in [1.165, 1.54) is 0 Å². The third kappa shape index (κ3) is 48.2. The lowest BCUT2D eigenvalue weighted by Gasteiger charge is -2.23. The zero-order valence-corrected chi connectivity index (χ0v) is 23.1. The first kappa shape index (κ1) is 40.7. The highest BCUT2D eigenvalue weighted by atomic mass is 35.5. The summed E-state index contributed by atoms with van der Waals surface area (Å²) in [5.41, 5.74) is 0. The van der Waals surface area contributed by atoms with Crippen LogP contribution in [-0.2, 0) is 14.3 Å². The zero-order chi connectivity index (χ0) is 23.7. The minimum absolute atomic E-state index is 0. The molecular formula is C22H50Cl2N2O5. The number of ether oxygens (including phenoxy) is 1. The normalized spacial score (nSPS) is 12.4. The maximum absolute atomic E-state index is 11.3. The molecule has 7 nitrogen and oxygen atoms in total. The fraction of sp³-hybridized carbons (Fsp3) is 0.909. The van der Waals surface area contributed by atoms with Crippen LogP contribution in [0.25, 0.3) is 0 Å². The molecule has 9 heteroatoms. The molecule has 0 bridgehead atoms. The Morgan fingerprint density at radius 3 is 1.42 bits per heavy atom. The van der Waals surface area contributed by atoms with E-state index < -0.39 is 5.97 Å². The van der Waals surface area contributed by atoms with Crippen LogP contribution in [0.15, 0.2) is 0 Å². The van der Waals surface area contributed by atoms with Gasteiger partial charge in [-0.25, -0.2) is 0 Å². The van der Waals surface area contributed by atoms with E-state index in [9.17, 15) is 9.59 Å². The van der Waals surface area contributed by atoms with Gasteiger partial charge in [0.25, 0.3) is 0 Å². The van der Waals surface area contributed by atoms with Gasteiger partial charge in [-0.2, -0.15) is 0 Å². The highest BCUT2D eigenvalue weighted by molar-refractivity contribution is 5.69. The number of carboxylic acid groups (broad SMARTS) is 1. The van der Waals surface area contributed by atoms with Gasteiger partial charge in [0, 0.05) is 12.8 Å². The second-order valence-electron chi connectivity index (χ2n) is 9.59. The smallest absolute Gasteiger partial charge is 0.306 e. The van der Waals surface area contributed by atoms with Crippen molar-refractivity contribution in [2.75, 3.05) is 55.4 Å². The number of nitrogens with zero attached hydrogens (tertiary/aromatic N) is 2. The molecule has 0 saturated carbocycles. The van der Waals surface area contributed by atoms with Gasteiger partial charge in [0.05, 0.1) is 80.4 Å². The van der Waals surface area contributed by atoms with E-state index in [-0.39, 0.29) is 49.4 Å². The number of halogens is 2. The number of hydrogen-bond donors (Lipinski definition) is 2. The molecule has 0 aromatic rings. The van der Waals surface area contributed by atoms with E-state index in [4.69, 9.17) is 14.9 Å². The molecule has 31 heavy (non-hydrogen) atoms. The molecule has 0 aromatic carbocycles. The van der Waals surface area contributed by atoms with Gasteiger partial charge >= 0.3 is 11.9 Å². The highest BCUT2D eigenvalue weighted by Crippen LogP contribution is 2.03. The van der Waals surface area contributed by atoms with Crippen LogP contribution in [-0.4, -0.2) is 98.7 Å². The summed E-state index contributed by atoms with van der Waals surface area (Å²) in [5.74, 6) is -0.763. The van der Waals surface area contributed by atoms with Crippen molar-refractivity contribution < 1.29 is 58.3 Å². The SMILES string of the molecule is CCC(C)O.CCC(C)OC(=O)CCC[N+](C)(C)C.C[N+](C)(C)CCCC(=O)O.[Cl-].[Cl-]. The molecule has 2 atom stereocenters. The van der Waals surface area contributed by atoms with Crippen molar-refractivity contribution in [1.29, 1.82) is 0 Å². The summed E-state index contributed by atoms with van der Waals surface area (Å²) in [5, 5.41) is 16.7. The summed E-state index contributed by atoms with van der Waals surface area (Å²) >= 11 is 0. The monoisotopic (exact) mass is 492 g/mol. The Morgan fingerprint density at radius 2 is 1.16 bits per heavy atom. The molecule has 0 radical (unpaired) electrons. The first-order valence-corrected chi connectivity index (χ1v) is 10.7. The number of carbonyl (C=O) groups excluding carboxylic acids is 1. The minimum atomic E-state index is -0.701. The molecule has 0 fully saturated rings. The molecule has 2 N–H and O–H groups in total. The zero-order valence-electron chi connectivity index (χ0n) is 21.6. The van der Waals surface area contributed by atoms with E-state index in [0.717, 1.165) is 47.7 Å². The summed E-state index contributed by atoms with van der Waals surface area (Å²) in [7, 11) is 12.5. The number of esters is 1. The van der Waals surface area contributed by atoms with Crippen molar-refractivity contribution in [2.24, 2.45) is 0 Å². The van der Waals surface area contributed by atoms with Crippen LogP contribution in [0.2, 0.25) is 0 Å². The van der Waals surface area contributed by atoms with E-state index >= 15 is 0 Å². The Balaban J connectivity index is -0.000000117. The summed E-state index contributed by atoms with van der Waals surface area (Å²) in [6, 6.07) is 0. The maximum atomic E-state index is 11.3. The third-order valence-electron chi connectivity index (χ3n) is 3.93. The molecule has 0 saturated heterocycles. The van der Waals surface area contributed by atoms with E-state index in [2.05, 4.69) is 42.3 Å². The van der Waals surface area contributed by atoms with Gasteiger partial charge in [-0.1, -0.05) is 13.8 Å². The Bertz CT molecular complexity index is 423. The number of quaternary nitrogens is 2. The van der Waals surface area contributed by atoms with Crippen LogP contribution in [0.4, 0.5) is 0 Å². The van der Waals surface area contributed by atoms with Crippen molar-refractivity contribution in [1.82, 2.24) is 0 Å². The molecule has 0 aliphatic carbocycles. The number of hydrogen-bond acceptors (Lipinski definition) is 4. The van der Waals surface area contributed by atoms with E-state index in [1.54, 1.807) is 6.92 Å². The molecule has 0 spiro atoms. The van der Waals surface area contributed by atoms with Crippen LogP contribution < -0.4 is 24.8 Å². The average molecular weight is 494 g/mol. The van der Waals surface area contributed by atoms with Crippen LogP contribution >= 0.6 is 0 Å². The van der Waals surface area contributed by atoms with Crippen molar-refractivity contribution >= 4 is 11.9 Å². The van der Waals surface area contributed by atoms with E-state index in [0.29, 0.717) is 6.42 Å². The first-order valence-electron chi connectivity index (χ1n) is 10.7. The number of aliphatic hydroxyl groups is 1. The van der Waals surface area contributed by atoms with E-state index in [1.807, 2.05) is 20.8 Å². The Hall–Kier alpha value is -0.600. The molecule has 192 valence electrons. The summed E-state index contributed by atoms with van der Waals surface area (Å²) in [6.07, 6.45) is 4.19. The molecular weight excluding hydrogens is 443 g/mol. The maximum Gasteiger partial charge on any atom is 0.306 e. The predicted octanol–water partition coefficient (Wildman–Crippen LogP) is -2.84. The first-order chi connectivity index (χ1) is 13.0. The van der Waals surface area contributed by atoms with Gasteiger partial charge in [-0.3, -0.25) is 9.59 Å². The fourth-order valence-electron chi connectivity index (χ4n) is 1.77. The molecule has 0 rings (SSSR count). The van der Waals surface area contributed by atoms with Crippen LogP contribution in [0.3, 0.4) is 0 Å². The minimum Gasteiger partial charge on any atom is -1.00 e. The second kappa shape index (κ2) is 22.6. The average Bonchev–Trinajstić information content (AvgIpc) is 2.52. The fourth-order valence-corrected chi connectivity index (χ4v) is 1.77. The topological polar surface area (TPSA) is 83.8 Å². The molecule has 0 heterocycles. The number of carbonyl (C=O) groups is 2. The molecule has 0 aliphatic rings. The summed E-state index contributed by atoms with van der Waals surface area (Å²) in [6.45, 7) is 9.61. The quantitative estimate of drug-likeness (QED) is 0.239. The molecule has 2 unspecified atom stereocenters. The summed E-state index contributed by atoms with van der Waals surface area (Å²) < 4.78 is 6.91. The lowest BCUT2D eigenvalue weighted by molar-refractivity contribution is -0.870.